The van der Waals surface area contributed by atoms with E-state index >= 15 is 0 Å². The standard InChI is InChI=1S/C14H19NO3/c1-3-9-8-10(18-2)4-5-11(9)12-6-7-13(15-12)14(16)17/h4-5,8,12-13,15H,3,6-7H2,1-2H3,(H,16,17)/t12-,13+/m0/s1. The van der Waals surface area contributed by atoms with Crippen LogP contribution in [0.25, 0.3) is 0 Å². The summed E-state index contributed by atoms with van der Waals surface area (Å²) in [5.74, 6) is 0.0902. The lowest BCUT2D eigenvalue weighted by atomic mass is 9.97. The van der Waals surface area contributed by atoms with E-state index in [-0.39, 0.29) is 6.04 Å². The average molecular weight is 249 g/mol. The van der Waals surface area contributed by atoms with Crippen LogP contribution in [0.2, 0.25) is 0 Å². The van der Waals surface area contributed by atoms with Crippen LogP contribution in [-0.4, -0.2) is 24.2 Å². The summed E-state index contributed by atoms with van der Waals surface area (Å²) in [5.41, 5.74) is 2.42. The Morgan fingerprint density at radius 1 is 1.50 bits per heavy atom. The molecule has 0 aliphatic carbocycles. The average Bonchev–Trinajstić information content (AvgIpc) is 2.87. The van der Waals surface area contributed by atoms with Crippen molar-refractivity contribution < 1.29 is 14.6 Å². The van der Waals surface area contributed by atoms with Gasteiger partial charge >= 0.3 is 5.97 Å². The molecule has 2 atom stereocenters. The van der Waals surface area contributed by atoms with Crippen molar-refractivity contribution in [2.24, 2.45) is 0 Å². The van der Waals surface area contributed by atoms with Crippen LogP contribution in [0, 0.1) is 0 Å². The van der Waals surface area contributed by atoms with E-state index in [0.29, 0.717) is 6.42 Å². The zero-order valence-electron chi connectivity index (χ0n) is 10.8. The Balaban J connectivity index is 2.21. The highest BCUT2D eigenvalue weighted by atomic mass is 16.5. The summed E-state index contributed by atoms with van der Waals surface area (Å²) in [4.78, 5) is 11.0. The quantitative estimate of drug-likeness (QED) is 0.858. The Morgan fingerprint density at radius 3 is 2.83 bits per heavy atom. The predicted octanol–water partition coefficient (Wildman–Crippen LogP) is 2.14. The van der Waals surface area contributed by atoms with Crippen LogP contribution in [-0.2, 0) is 11.2 Å². The van der Waals surface area contributed by atoms with Crippen molar-refractivity contribution in [3.63, 3.8) is 0 Å². The maximum absolute atomic E-state index is 11.0. The number of benzene rings is 1. The number of hydrogen-bond acceptors (Lipinski definition) is 3. The van der Waals surface area contributed by atoms with Crippen molar-refractivity contribution in [2.45, 2.75) is 38.3 Å². The van der Waals surface area contributed by atoms with E-state index in [0.717, 1.165) is 18.6 Å². The highest BCUT2D eigenvalue weighted by Gasteiger charge is 2.30. The van der Waals surface area contributed by atoms with Crippen molar-refractivity contribution in [3.8, 4) is 5.75 Å². The number of methoxy groups -OCH3 is 1. The summed E-state index contributed by atoms with van der Waals surface area (Å²) in [7, 11) is 1.66. The Bertz CT molecular complexity index is 445. The highest BCUT2D eigenvalue weighted by Crippen LogP contribution is 2.31. The molecule has 2 N–H and O–H groups in total. The molecule has 0 radical (unpaired) electrons. The molecule has 0 amide bonds. The molecule has 4 nitrogen and oxygen atoms in total. The number of ether oxygens (including phenoxy) is 1. The second kappa shape index (κ2) is 5.40. The lowest BCUT2D eigenvalue weighted by Crippen LogP contribution is -2.32. The largest absolute Gasteiger partial charge is 0.497 e. The lowest BCUT2D eigenvalue weighted by molar-refractivity contribution is -0.139. The molecule has 98 valence electrons. The van der Waals surface area contributed by atoms with Gasteiger partial charge in [0.2, 0.25) is 0 Å². The van der Waals surface area contributed by atoms with E-state index in [1.807, 2.05) is 18.2 Å². The highest BCUT2D eigenvalue weighted by molar-refractivity contribution is 5.74. The minimum atomic E-state index is -0.760. The van der Waals surface area contributed by atoms with Gasteiger partial charge in [0.05, 0.1) is 7.11 Å². The topological polar surface area (TPSA) is 58.6 Å². The summed E-state index contributed by atoms with van der Waals surface area (Å²) in [6.45, 7) is 2.10. The number of carbonyl (C=O) groups is 1. The third-order valence-electron chi connectivity index (χ3n) is 3.55. The van der Waals surface area contributed by atoms with Gasteiger partial charge in [-0.2, -0.15) is 0 Å². The fourth-order valence-corrected chi connectivity index (χ4v) is 2.54. The van der Waals surface area contributed by atoms with E-state index in [9.17, 15) is 4.79 Å². The fraction of sp³-hybridized carbons (Fsp3) is 0.500. The number of aliphatic carboxylic acids is 1. The number of rotatable bonds is 4. The van der Waals surface area contributed by atoms with Crippen LogP contribution < -0.4 is 10.1 Å². The van der Waals surface area contributed by atoms with E-state index in [1.54, 1.807) is 7.11 Å². The van der Waals surface area contributed by atoms with Gasteiger partial charge in [-0.15, -0.1) is 0 Å². The van der Waals surface area contributed by atoms with E-state index < -0.39 is 12.0 Å². The summed E-state index contributed by atoms with van der Waals surface area (Å²) >= 11 is 0. The zero-order chi connectivity index (χ0) is 13.1. The molecule has 1 saturated heterocycles. The predicted molar refractivity (Wildman–Crippen MR) is 68.9 cm³/mol. The van der Waals surface area contributed by atoms with Gasteiger partial charge in [-0.05, 0) is 42.5 Å². The van der Waals surface area contributed by atoms with Crippen LogP contribution >= 0.6 is 0 Å². The summed E-state index contributed by atoms with van der Waals surface area (Å²) in [6.07, 6.45) is 2.48. The first-order valence-electron chi connectivity index (χ1n) is 6.31. The molecule has 1 aromatic rings. The minimum absolute atomic E-state index is 0.145. The van der Waals surface area contributed by atoms with Gasteiger partial charge in [0.15, 0.2) is 0 Å². The molecule has 1 heterocycles. The maximum Gasteiger partial charge on any atom is 0.320 e. The van der Waals surface area contributed by atoms with Crippen molar-refractivity contribution in [2.75, 3.05) is 7.11 Å². The Kier molecular flexibility index (Phi) is 3.87. The number of aryl methyl sites for hydroxylation is 1. The molecule has 0 saturated carbocycles. The molecule has 0 bridgehead atoms. The van der Waals surface area contributed by atoms with Crippen LogP contribution in [0.15, 0.2) is 18.2 Å². The van der Waals surface area contributed by atoms with Gasteiger partial charge in [-0.25, -0.2) is 0 Å². The maximum atomic E-state index is 11.0. The SMILES string of the molecule is CCc1cc(OC)ccc1[C@@H]1CC[C@H](C(=O)O)N1. The first-order chi connectivity index (χ1) is 8.65. The molecule has 1 aliphatic rings. The first kappa shape index (κ1) is 12.9. The lowest BCUT2D eigenvalue weighted by Gasteiger charge is -2.17. The monoisotopic (exact) mass is 249 g/mol. The van der Waals surface area contributed by atoms with Gasteiger partial charge in [0.1, 0.15) is 11.8 Å². The molecule has 1 aliphatic heterocycles. The van der Waals surface area contributed by atoms with E-state index in [2.05, 4.69) is 12.2 Å². The third-order valence-corrected chi connectivity index (χ3v) is 3.55. The number of nitrogens with one attached hydrogen (secondary N) is 1. The normalized spacial score (nSPS) is 23.0. The summed E-state index contributed by atoms with van der Waals surface area (Å²) in [5, 5.41) is 12.2. The van der Waals surface area contributed by atoms with Gasteiger partial charge < -0.3 is 9.84 Å². The second-order valence-electron chi connectivity index (χ2n) is 4.61. The molecule has 0 spiro atoms. The number of carboxylic acids is 1. The molecule has 18 heavy (non-hydrogen) atoms. The van der Waals surface area contributed by atoms with Gasteiger partial charge in [-0.1, -0.05) is 13.0 Å². The van der Waals surface area contributed by atoms with Crippen molar-refractivity contribution in [1.29, 1.82) is 0 Å². The Hall–Kier alpha value is -1.55. The second-order valence-corrected chi connectivity index (χ2v) is 4.61. The smallest absolute Gasteiger partial charge is 0.320 e. The molecule has 1 fully saturated rings. The molecule has 1 aromatic carbocycles. The fourth-order valence-electron chi connectivity index (χ4n) is 2.54. The molecule has 0 aromatic heterocycles. The number of carboxylic acid groups (broad SMARTS) is 1. The first-order valence-corrected chi connectivity index (χ1v) is 6.31. The molecular formula is C14H19NO3. The zero-order valence-corrected chi connectivity index (χ0v) is 10.8. The molecule has 2 rings (SSSR count). The van der Waals surface area contributed by atoms with Crippen LogP contribution in [0.4, 0.5) is 0 Å². The summed E-state index contributed by atoms with van der Waals surface area (Å²) in [6, 6.07) is 5.74. The van der Waals surface area contributed by atoms with Crippen molar-refractivity contribution in [3.05, 3.63) is 29.3 Å². The Labute approximate surface area is 107 Å². The van der Waals surface area contributed by atoms with E-state index in [1.165, 1.54) is 11.1 Å². The minimum Gasteiger partial charge on any atom is -0.497 e. The van der Waals surface area contributed by atoms with E-state index in [4.69, 9.17) is 9.84 Å². The number of hydrogen-bond donors (Lipinski definition) is 2. The molecule has 4 heteroatoms. The molecular weight excluding hydrogens is 230 g/mol. The van der Waals surface area contributed by atoms with Crippen LogP contribution in [0.3, 0.4) is 0 Å². The van der Waals surface area contributed by atoms with Gasteiger partial charge in [-0.3, -0.25) is 10.1 Å². The van der Waals surface area contributed by atoms with Crippen molar-refractivity contribution in [1.82, 2.24) is 5.32 Å². The van der Waals surface area contributed by atoms with Gasteiger partial charge in [0, 0.05) is 6.04 Å². The molecule has 0 unspecified atom stereocenters. The third kappa shape index (κ3) is 2.48. The van der Waals surface area contributed by atoms with Crippen LogP contribution in [0.5, 0.6) is 5.75 Å². The van der Waals surface area contributed by atoms with Crippen molar-refractivity contribution >= 4 is 5.97 Å². The van der Waals surface area contributed by atoms with Crippen LogP contribution in [0.1, 0.15) is 36.9 Å². The van der Waals surface area contributed by atoms with Gasteiger partial charge in [0.25, 0.3) is 0 Å². The summed E-state index contributed by atoms with van der Waals surface area (Å²) < 4.78 is 5.22. The Morgan fingerprint density at radius 2 is 2.28 bits per heavy atom.